The molecule has 4 rings (SSSR count). The van der Waals surface area contributed by atoms with Crippen molar-refractivity contribution in [3.8, 4) is 0 Å². The number of thioether (sulfide) groups is 1. The highest BCUT2D eigenvalue weighted by molar-refractivity contribution is 8.04. The van der Waals surface area contributed by atoms with Gasteiger partial charge in [-0.3, -0.25) is 9.59 Å². The first-order chi connectivity index (χ1) is 16.0. The molecule has 11 nitrogen and oxygen atoms in total. The molecule has 3 N–H and O–H groups in total. The Labute approximate surface area is 203 Å². The number of nitrogens with zero attached hydrogens (tertiary/aromatic N) is 2. The van der Waals surface area contributed by atoms with Crippen LogP contribution in [-0.4, -0.2) is 77.9 Å². The summed E-state index contributed by atoms with van der Waals surface area (Å²) in [7, 11) is -3.78. The molecule has 34 heavy (non-hydrogen) atoms. The average Bonchev–Trinajstić information content (AvgIpc) is 2.97. The standard InChI is InChI=1S/C21H31N3O8S2/c1-11-16-15(12(2)25)19(26)24(16)17(18(11)33-14-8-23(9-14)34(22,29)30)21(28)32-10-31-20(27)13-6-4-3-5-7-13/h11-16,25H,3-10H2,1-2H3,(H2,22,29,30)/t11-,12-,15-,16-/m1/s1. The van der Waals surface area contributed by atoms with Crippen LogP contribution in [0.1, 0.15) is 46.0 Å². The molecule has 0 unspecified atom stereocenters. The second-order valence-corrected chi connectivity index (χ2v) is 12.3. The summed E-state index contributed by atoms with van der Waals surface area (Å²) < 4.78 is 34.5. The molecule has 4 atom stereocenters. The third-order valence-corrected chi connectivity index (χ3v) is 9.57. The summed E-state index contributed by atoms with van der Waals surface area (Å²) in [6.45, 7) is 3.25. The molecule has 0 aromatic rings. The van der Waals surface area contributed by atoms with E-state index in [-0.39, 0.29) is 47.7 Å². The fourth-order valence-electron chi connectivity index (χ4n) is 5.20. The number of nitrogens with two attached hydrogens (primary N) is 1. The minimum atomic E-state index is -3.78. The summed E-state index contributed by atoms with van der Waals surface area (Å²) in [5.41, 5.74) is 0.0761. The Kier molecular flexibility index (Phi) is 7.30. The first kappa shape index (κ1) is 25.4. The number of amides is 1. The monoisotopic (exact) mass is 517 g/mol. The number of aliphatic hydroxyl groups is 1. The van der Waals surface area contributed by atoms with E-state index in [1.807, 2.05) is 6.92 Å². The third kappa shape index (κ3) is 4.72. The number of hydrogen-bond acceptors (Lipinski definition) is 9. The Morgan fingerprint density at radius 2 is 1.85 bits per heavy atom. The number of esters is 2. The van der Waals surface area contributed by atoms with Crippen LogP contribution in [0, 0.1) is 17.8 Å². The normalized spacial score (nSPS) is 29.4. The summed E-state index contributed by atoms with van der Waals surface area (Å²) in [6, 6.07) is -0.392. The Balaban J connectivity index is 1.44. The van der Waals surface area contributed by atoms with Gasteiger partial charge in [0.25, 0.3) is 10.2 Å². The van der Waals surface area contributed by atoms with Crippen molar-refractivity contribution in [3.05, 3.63) is 10.6 Å². The molecule has 3 fully saturated rings. The number of ether oxygens (including phenoxy) is 2. The Morgan fingerprint density at radius 1 is 1.21 bits per heavy atom. The predicted octanol–water partition coefficient (Wildman–Crippen LogP) is 0.301. The molecule has 0 aromatic heterocycles. The lowest BCUT2D eigenvalue weighted by molar-refractivity contribution is -0.174. The lowest BCUT2D eigenvalue weighted by Crippen LogP contribution is -2.63. The molecule has 4 aliphatic rings. The van der Waals surface area contributed by atoms with Gasteiger partial charge >= 0.3 is 11.9 Å². The Hall–Kier alpha value is -1.67. The molecule has 190 valence electrons. The van der Waals surface area contributed by atoms with Gasteiger partial charge in [-0.05, 0) is 19.8 Å². The molecule has 0 bridgehead atoms. The van der Waals surface area contributed by atoms with E-state index in [9.17, 15) is 27.9 Å². The molecule has 1 aliphatic carbocycles. The molecule has 0 radical (unpaired) electrons. The number of hydrogen-bond donors (Lipinski definition) is 2. The van der Waals surface area contributed by atoms with E-state index < -0.39 is 41.0 Å². The largest absolute Gasteiger partial charge is 0.428 e. The SMILES string of the molecule is C[C@@H](O)[C@H]1C(=O)N2C(C(=O)OCOC(=O)C3CCCCC3)=C(SC3CN(S(N)(=O)=O)C3)[C@H](C)[C@H]12. The minimum Gasteiger partial charge on any atom is -0.428 e. The summed E-state index contributed by atoms with van der Waals surface area (Å²) in [4.78, 5) is 40.0. The second kappa shape index (κ2) is 9.76. The number of fused-ring (bicyclic) bond motifs is 1. The number of rotatable bonds is 8. The van der Waals surface area contributed by atoms with Crippen LogP contribution in [0.2, 0.25) is 0 Å². The first-order valence-corrected chi connectivity index (χ1v) is 13.9. The van der Waals surface area contributed by atoms with Gasteiger partial charge in [0.1, 0.15) is 5.70 Å². The molecule has 1 saturated carbocycles. The first-order valence-electron chi connectivity index (χ1n) is 11.5. The molecular formula is C21H31N3O8S2. The van der Waals surface area contributed by atoms with Crippen molar-refractivity contribution in [2.45, 2.75) is 63.3 Å². The van der Waals surface area contributed by atoms with E-state index in [1.54, 1.807) is 0 Å². The summed E-state index contributed by atoms with van der Waals surface area (Å²) in [5.74, 6) is -2.61. The molecule has 0 aromatic carbocycles. The van der Waals surface area contributed by atoms with Gasteiger partial charge in [0.15, 0.2) is 0 Å². The fraction of sp³-hybridized carbons (Fsp3) is 0.762. The van der Waals surface area contributed by atoms with Crippen LogP contribution < -0.4 is 5.14 Å². The van der Waals surface area contributed by atoms with E-state index in [0.717, 1.165) is 36.4 Å². The van der Waals surface area contributed by atoms with Crippen molar-refractivity contribution in [2.24, 2.45) is 22.9 Å². The molecule has 13 heteroatoms. The number of carbonyl (C=O) groups excluding carboxylic acids is 3. The highest BCUT2D eigenvalue weighted by atomic mass is 32.2. The molecule has 3 aliphatic heterocycles. The van der Waals surface area contributed by atoms with E-state index in [1.165, 1.54) is 23.6 Å². The zero-order valence-electron chi connectivity index (χ0n) is 19.2. The van der Waals surface area contributed by atoms with Crippen molar-refractivity contribution in [3.63, 3.8) is 0 Å². The van der Waals surface area contributed by atoms with Crippen LogP contribution in [0.3, 0.4) is 0 Å². The van der Waals surface area contributed by atoms with Gasteiger partial charge in [-0.1, -0.05) is 26.2 Å². The average molecular weight is 518 g/mol. The van der Waals surface area contributed by atoms with Gasteiger partial charge in [0.2, 0.25) is 12.7 Å². The van der Waals surface area contributed by atoms with E-state index in [2.05, 4.69) is 0 Å². The number of aliphatic hydroxyl groups excluding tert-OH is 1. The lowest BCUT2D eigenvalue weighted by Gasteiger charge is -2.46. The maximum atomic E-state index is 13.0. The van der Waals surface area contributed by atoms with Crippen molar-refractivity contribution < 1.29 is 37.4 Å². The maximum Gasteiger partial charge on any atom is 0.358 e. The number of β-lactam (4-membered cyclic amide) rings is 1. The van der Waals surface area contributed by atoms with Gasteiger partial charge in [-0.2, -0.15) is 12.7 Å². The zero-order valence-corrected chi connectivity index (χ0v) is 20.8. The molecule has 0 spiro atoms. The van der Waals surface area contributed by atoms with Crippen LogP contribution in [0.5, 0.6) is 0 Å². The second-order valence-electron chi connectivity index (χ2n) is 9.42. The maximum absolute atomic E-state index is 13.0. The Morgan fingerprint density at radius 3 is 2.44 bits per heavy atom. The zero-order chi connectivity index (χ0) is 24.8. The molecule has 2 saturated heterocycles. The van der Waals surface area contributed by atoms with Gasteiger partial charge in [-0.25, -0.2) is 9.93 Å². The van der Waals surface area contributed by atoms with Crippen LogP contribution in [0.25, 0.3) is 0 Å². The highest BCUT2D eigenvalue weighted by Crippen LogP contribution is 2.52. The van der Waals surface area contributed by atoms with Crippen LogP contribution in [0.4, 0.5) is 0 Å². The fourth-order valence-corrected chi connectivity index (χ4v) is 7.68. The molecule has 3 heterocycles. The molecule has 1 amide bonds. The van der Waals surface area contributed by atoms with Crippen molar-refractivity contribution in [1.29, 1.82) is 0 Å². The van der Waals surface area contributed by atoms with Gasteiger partial charge < -0.3 is 19.5 Å². The van der Waals surface area contributed by atoms with E-state index in [0.29, 0.717) is 4.91 Å². The lowest BCUT2D eigenvalue weighted by atomic mass is 9.79. The topological polar surface area (TPSA) is 157 Å². The number of carbonyl (C=O) groups is 3. The van der Waals surface area contributed by atoms with Crippen molar-refractivity contribution >= 4 is 39.8 Å². The van der Waals surface area contributed by atoms with E-state index >= 15 is 0 Å². The highest BCUT2D eigenvalue weighted by Gasteiger charge is 2.60. The summed E-state index contributed by atoms with van der Waals surface area (Å²) in [6.07, 6.45) is 3.68. The summed E-state index contributed by atoms with van der Waals surface area (Å²) in [5, 5.41) is 15.1. The Bertz CT molecular complexity index is 986. The quantitative estimate of drug-likeness (QED) is 0.262. The smallest absolute Gasteiger partial charge is 0.358 e. The third-order valence-electron chi connectivity index (χ3n) is 7.10. The minimum absolute atomic E-state index is 0.0761. The van der Waals surface area contributed by atoms with Gasteiger partial charge in [0.05, 0.1) is 24.0 Å². The summed E-state index contributed by atoms with van der Waals surface area (Å²) >= 11 is 1.32. The predicted molar refractivity (Wildman–Crippen MR) is 122 cm³/mol. The van der Waals surface area contributed by atoms with Crippen LogP contribution >= 0.6 is 11.8 Å². The van der Waals surface area contributed by atoms with Crippen molar-refractivity contribution in [1.82, 2.24) is 9.21 Å². The van der Waals surface area contributed by atoms with E-state index in [4.69, 9.17) is 14.6 Å². The molecular weight excluding hydrogens is 486 g/mol. The van der Waals surface area contributed by atoms with Crippen LogP contribution in [-0.2, 0) is 34.1 Å². The van der Waals surface area contributed by atoms with Crippen LogP contribution in [0.15, 0.2) is 10.6 Å². The van der Waals surface area contributed by atoms with Gasteiger partial charge in [0, 0.05) is 29.2 Å². The van der Waals surface area contributed by atoms with Crippen molar-refractivity contribution in [2.75, 3.05) is 19.9 Å². The van der Waals surface area contributed by atoms with Gasteiger partial charge in [-0.15, -0.1) is 11.8 Å².